The summed E-state index contributed by atoms with van der Waals surface area (Å²) in [5.74, 6) is -0.739. The Labute approximate surface area is 126 Å². The number of carboxylic acids is 1. The third-order valence-electron chi connectivity index (χ3n) is 4.00. The summed E-state index contributed by atoms with van der Waals surface area (Å²) < 4.78 is 0.883. The second-order valence-electron chi connectivity index (χ2n) is 5.53. The zero-order valence-electron chi connectivity index (χ0n) is 11.4. The van der Waals surface area contributed by atoms with Gasteiger partial charge in [-0.25, -0.2) is 4.79 Å². The number of amides is 1. The van der Waals surface area contributed by atoms with Crippen molar-refractivity contribution in [2.45, 2.75) is 38.1 Å². The molecule has 2 rings (SSSR count). The highest BCUT2D eigenvalue weighted by Gasteiger charge is 2.42. The van der Waals surface area contributed by atoms with Gasteiger partial charge in [-0.1, -0.05) is 22.9 Å². The second kappa shape index (κ2) is 5.95. The van der Waals surface area contributed by atoms with Gasteiger partial charge in [-0.05, 0) is 55.9 Å². The lowest BCUT2D eigenvalue weighted by Gasteiger charge is -2.36. The molecule has 1 fully saturated rings. The molecule has 0 bridgehead atoms. The summed E-state index contributed by atoms with van der Waals surface area (Å²) >= 11 is 3.31. The number of hydrogen-bond acceptors (Lipinski definition) is 2. The summed E-state index contributed by atoms with van der Waals surface area (Å²) in [6.45, 7) is 2.11. The lowest BCUT2D eigenvalue weighted by atomic mass is 9.77. The summed E-state index contributed by atoms with van der Waals surface area (Å²) in [5.41, 5.74) is -0.635. The van der Waals surface area contributed by atoms with Gasteiger partial charge in [-0.2, -0.15) is 0 Å². The Morgan fingerprint density at radius 3 is 2.30 bits per heavy atom. The Kier molecular flexibility index (Phi) is 4.48. The van der Waals surface area contributed by atoms with Gasteiger partial charge in [0.2, 0.25) is 0 Å². The van der Waals surface area contributed by atoms with Crippen molar-refractivity contribution in [1.82, 2.24) is 5.32 Å². The molecule has 0 radical (unpaired) electrons. The van der Waals surface area contributed by atoms with Gasteiger partial charge in [0.25, 0.3) is 5.91 Å². The molecular formula is C15H18BrNO3. The molecule has 0 heterocycles. The molecule has 4 nitrogen and oxygen atoms in total. The fourth-order valence-corrected chi connectivity index (χ4v) is 2.80. The maximum absolute atomic E-state index is 12.2. The van der Waals surface area contributed by atoms with Gasteiger partial charge in [0, 0.05) is 10.0 Å². The van der Waals surface area contributed by atoms with Crippen molar-refractivity contribution in [2.24, 2.45) is 5.92 Å². The minimum absolute atomic E-state index is 0.325. The number of carbonyl (C=O) groups is 2. The number of carbonyl (C=O) groups excluding carboxylic acids is 1. The molecule has 1 aliphatic rings. The molecule has 1 aromatic carbocycles. The lowest BCUT2D eigenvalue weighted by Crippen LogP contribution is -2.56. The first kappa shape index (κ1) is 15.0. The predicted molar refractivity (Wildman–Crippen MR) is 79.6 cm³/mol. The number of carboxylic acid groups (broad SMARTS) is 1. The van der Waals surface area contributed by atoms with Crippen LogP contribution in [0.5, 0.6) is 0 Å². The van der Waals surface area contributed by atoms with Gasteiger partial charge in [-0.15, -0.1) is 0 Å². The quantitative estimate of drug-likeness (QED) is 0.888. The summed E-state index contributed by atoms with van der Waals surface area (Å²) in [4.78, 5) is 23.8. The van der Waals surface area contributed by atoms with Gasteiger partial charge in [0.1, 0.15) is 5.54 Å². The maximum atomic E-state index is 12.2. The van der Waals surface area contributed by atoms with E-state index in [1.165, 1.54) is 0 Å². The number of nitrogens with one attached hydrogen (secondary N) is 1. The average Bonchev–Trinajstić information content (AvgIpc) is 2.42. The highest BCUT2D eigenvalue weighted by molar-refractivity contribution is 9.10. The van der Waals surface area contributed by atoms with Crippen molar-refractivity contribution in [3.8, 4) is 0 Å². The highest BCUT2D eigenvalue weighted by Crippen LogP contribution is 2.32. The fraction of sp³-hybridized carbons (Fsp3) is 0.467. The van der Waals surface area contributed by atoms with Gasteiger partial charge in [0.15, 0.2) is 0 Å². The molecule has 0 atom stereocenters. The molecule has 1 saturated carbocycles. The smallest absolute Gasteiger partial charge is 0.329 e. The first-order chi connectivity index (χ1) is 9.43. The van der Waals surface area contributed by atoms with Gasteiger partial charge >= 0.3 is 5.97 Å². The molecule has 20 heavy (non-hydrogen) atoms. The molecule has 108 valence electrons. The molecule has 0 aromatic heterocycles. The summed E-state index contributed by atoms with van der Waals surface area (Å²) in [7, 11) is 0. The molecular weight excluding hydrogens is 322 g/mol. The Hall–Kier alpha value is -1.36. The third-order valence-corrected chi connectivity index (χ3v) is 4.53. The number of benzene rings is 1. The predicted octanol–water partition coefficient (Wildman–Crippen LogP) is 3.21. The number of rotatable bonds is 3. The second-order valence-corrected chi connectivity index (χ2v) is 6.45. The van der Waals surface area contributed by atoms with E-state index < -0.39 is 11.5 Å². The molecule has 0 unspecified atom stereocenters. The third kappa shape index (κ3) is 3.20. The fourth-order valence-electron chi connectivity index (χ4n) is 2.54. The van der Waals surface area contributed by atoms with Gasteiger partial charge in [0.05, 0.1) is 0 Å². The number of halogens is 1. The normalized spacial score (nSPS) is 26.0. The van der Waals surface area contributed by atoms with Crippen molar-refractivity contribution in [3.05, 3.63) is 34.3 Å². The van der Waals surface area contributed by atoms with Crippen LogP contribution in [-0.4, -0.2) is 22.5 Å². The Morgan fingerprint density at radius 2 is 1.80 bits per heavy atom. The SMILES string of the molecule is CC1CCC(NC(=O)c2ccc(Br)cc2)(C(=O)O)CC1. The maximum Gasteiger partial charge on any atom is 0.329 e. The van der Waals surface area contributed by atoms with Gasteiger partial charge < -0.3 is 10.4 Å². The van der Waals surface area contributed by atoms with Crippen LogP contribution in [0, 0.1) is 5.92 Å². The van der Waals surface area contributed by atoms with E-state index in [1.54, 1.807) is 24.3 Å². The van der Waals surface area contributed by atoms with Crippen LogP contribution < -0.4 is 5.32 Å². The molecule has 0 saturated heterocycles. The topological polar surface area (TPSA) is 66.4 Å². The van der Waals surface area contributed by atoms with Crippen LogP contribution in [0.25, 0.3) is 0 Å². The molecule has 0 aliphatic heterocycles. The van der Waals surface area contributed by atoms with E-state index in [1.807, 2.05) is 0 Å². The Morgan fingerprint density at radius 1 is 1.25 bits per heavy atom. The zero-order chi connectivity index (χ0) is 14.8. The van der Waals surface area contributed by atoms with Crippen molar-refractivity contribution in [1.29, 1.82) is 0 Å². The number of hydrogen-bond donors (Lipinski definition) is 2. The molecule has 1 aromatic rings. The lowest BCUT2D eigenvalue weighted by molar-refractivity contribution is -0.146. The Bertz CT molecular complexity index is 504. The van der Waals surface area contributed by atoms with Crippen molar-refractivity contribution >= 4 is 27.8 Å². The average molecular weight is 340 g/mol. The molecule has 5 heteroatoms. The van der Waals surface area contributed by atoms with Crippen LogP contribution in [0.15, 0.2) is 28.7 Å². The zero-order valence-corrected chi connectivity index (χ0v) is 12.9. The van der Waals surface area contributed by atoms with E-state index in [2.05, 4.69) is 28.2 Å². The number of aliphatic carboxylic acids is 1. The summed E-state index contributed by atoms with van der Waals surface area (Å²) in [5, 5.41) is 12.2. The molecule has 1 aliphatic carbocycles. The van der Waals surface area contributed by atoms with E-state index in [-0.39, 0.29) is 5.91 Å². The summed E-state index contributed by atoms with van der Waals surface area (Å²) in [6, 6.07) is 6.90. The van der Waals surface area contributed by atoms with Crippen molar-refractivity contribution in [3.63, 3.8) is 0 Å². The standard InChI is InChI=1S/C15H18BrNO3/c1-10-6-8-15(9-7-10,14(19)20)17-13(18)11-2-4-12(16)5-3-11/h2-5,10H,6-9H2,1H3,(H,17,18)(H,19,20). The molecule has 2 N–H and O–H groups in total. The van der Waals surface area contributed by atoms with E-state index in [0.717, 1.165) is 17.3 Å². The van der Waals surface area contributed by atoms with E-state index in [4.69, 9.17) is 0 Å². The van der Waals surface area contributed by atoms with Crippen LogP contribution in [0.2, 0.25) is 0 Å². The molecule has 0 spiro atoms. The van der Waals surface area contributed by atoms with Gasteiger partial charge in [-0.3, -0.25) is 4.79 Å². The largest absolute Gasteiger partial charge is 0.480 e. The monoisotopic (exact) mass is 339 g/mol. The first-order valence-electron chi connectivity index (χ1n) is 6.74. The van der Waals surface area contributed by atoms with E-state index in [9.17, 15) is 14.7 Å². The minimum atomic E-state index is -1.11. The first-order valence-corrected chi connectivity index (χ1v) is 7.54. The van der Waals surface area contributed by atoms with Crippen molar-refractivity contribution in [2.75, 3.05) is 0 Å². The molecule has 1 amide bonds. The van der Waals surface area contributed by atoms with Crippen LogP contribution in [-0.2, 0) is 4.79 Å². The summed E-state index contributed by atoms with van der Waals surface area (Å²) in [6.07, 6.45) is 2.64. The highest BCUT2D eigenvalue weighted by atomic mass is 79.9. The Balaban J connectivity index is 2.14. The van der Waals surface area contributed by atoms with Crippen LogP contribution in [0.4, 0.5) is 0 Å². The van der Waals surface area contributed by atoms with Crippen LogP contribution in [0.3, 0.4) is 0 Å². The van der Waals surface area contributed by atoms with Crippen molar-refractivity contribution < 1.29 is 14.7 Å². The van der Waals surface area contributed by atoms with Crippen LogP contribution >= 0.6 is 15.9 Å². The minimum Gasteiger partial charge on any atom is -0.480 e. The van der Waals surface area contributed by atoms with E-state index >= 15 is 0 Å². The van der Waals surface area contributed by atoms with E-state index in [0.29, 0.717) is 24.3 Å². The van der Waals surface area contributed by atoms with Crippen LogP contribution in [0.1, 0.15) is 43.0 Å².